The van der Waals surface area contributed by atoms with Crippen molar-refractivity contribution in [3.8, 4) is 17.3 Å². The number of halogens is 2. The molecular formula is C30H19Br2N3O3. The van der Waals surface area contributed by atoms with Crippen molar-refractivity contribution in [2.75, 3.05) is 0 Å². The number of ether oxygens (including phenoxy) is 1. The second-order valence-electron chi connectivity index (χ2n) is 8.55. The Morgan fingerprint density at radius 3 is 2.39 bits per heavy atom. The van der Waals surface area contributed by atoms with Crippen LogP contribution >= 0.6 is 31.9 Å². The highest BCUT2D eigenvalue weighted by Gasteiger charge is 2.16. The number of benzene rings is 4. The van der Waals surface area contributed by atoms with Crippen molar-refractivity contribution in [3.63, 3.8) is 0 Å². The van der Waals surface area contributed by atoms with E-state index < -0.39 is 0 Å². The summed E-state index contributed by atoms with van der Waals surface area (Å²) < 4.78 is 14.9. The lowest BCUT2D eigenvalue weighted by atomic mass is 10.2. The van der Waals surface area contributed by atoms with Crippen LogP contribution in [0.2, 0.25) is 0 Å². The Bertz CT molecular complexity index is 1820. The molecule has 2 heterocycles. The van der Waals surface area contributed by atoms with E-state index in [2.05, 4.69) is 37.0 Å². The summed E-state index contributed by atoms with van der Waals surface area (Å²) in [5.74, 6) is 1.46. The van der Waals surface area contributed by atoms with E-state index in [1.54, 1.807) is 18.3 Å². The van der Waals surface area contributed by atoms with Gasteiger partial charge in [-0.25, -0.2) is 4.98 Å². The van der Waals surface area contributed by atoms with Crippen LogP contribution in [0.4, 0.5) is 0 Å². The molecule has 6 nitrogen and oxygen atoms in total. The Morgan fingerprint density at radius 2 is 1.61 bits per heavy atom. The van der Waals surface area contributed by atoms with Gasteiger partial charge in [0.05, 0.1) is 26.1 Å². The summed E-state index contributed by atoms with van der Waals surface area (Å²) in [5.41, 5.74) is 2.82. The molecule has 6 aromatic rings. The fourth-order valence-electron chi connectivity index (χ4n) is 4.13. The highest BCUT2D eigenvalue weighted by molar-refractivity contribution is 9.11. The summed E-state index contributed by atoms with van der Waals surface area (Å²) in [6.45, 7) is 0.435. The first kappa shape index (κ1) is 24.3. The minimum atomic E-state index is -0.289. The number of furan rings is 1. The first-order valence-corrected chi connectivity index (χ1v) is 13.4. The third kappa shape index (κ3) is 4.80. The predicted molar refractivity (Wildman–Crippen MR) is 157 cm³/mol. The molecule has 2 aromatic heterocycles. The Hall–Kier alpha value is -4.01. The molecule has 0 fully saturated rings. The van der Waals surface area contributed by atoms with E-state index in [0.717, 1.165) is 25.5 Å². The molecule has 186 valence electrons. The first-order chi connectivity index (χ1) is 18.6. The zero-order chi connectivity index (χ0) is 26.1. The van der Waals surface area contributed by atoms with Crippen LogP contribution in [0.3, 0.4) is 0 Å². The van der Waals surface area contributed by atoms with Crippen LogP contribution in [0.15, 0.2) is 120 Å². The quantitative estimate of drug-likeness (QED) is 0.177. The fourth-order valence-corrected chi connectivity index (χ4v) is 5.58. The predicted octanol–water partition coefficient (Wildman–Crippen LogP) is 7.80. The molecule has 6 rings (SSSR count). The maximum Gasteiger partial charge on any atom is 0.282 e. The molecule has 0 atom stereocenters. The van der Waals surface area contributed by atoms with Gasteiger partial charge in [-0.1, -0.05) is 60.7 Å². The van der Waals surface area contributed by atoms with Crippen molar-refractivity contribution in [1.82, 2.24) is 9.66 Å². The second kappa shape index (κ2) is 10.4. The van der Waals surface area contributed by atoms with E-state index in [0.29, 0.717) is 40.4 Å². The average molecular weight is 629 g/mol. The SMILES string of the molecule is O=c1c2ccccc2nc(-c2cc3ccccc3o2)n1N=Cc1cc(Br)c(OCc2ccccc2)c(Br)c1. The maximum atomic E-state index is 13.5. The number of rotatable bonds is 6. The summed E-state index contributed by atoms with van der Waals surface area (Å²) in [7, 11) is 0. The molecule has 0 N–H and O–H groups in total. The zero-order valence-corrected chi connectivity index (χ0v) is 23.0. The van der Waals surface area contributed by atoms with Crippen LogP contribution in [0.5, 0.6) is 5.75 Å². The van der Waals surface area contributed by atoms with Crippen molar-refractivity contribution >= 4 is 59.9 Å². The molecule has 0 bridgehead atoms. The topological polar surface area (TPSA) is 69.6 Å². The van der Waals surface area contributed by atoms with Gasteiger partial charge in [-0.05, 0) is 79.4 Å². The smallest absolute Gasteiger partial charge is 0.282 e. The van der Waals surface area contributed by atoms with E-state index in [-0.39, 0.29) is 5.56 Å². The van der Waals surface area contributed by atoms with Crippen LogP contribution < -0.4 is 10.3 Å². The molecule has 0 saturated carbocycles. The molecule has 0 aliphatic heterocycles. The highest BCUT2D eigenvalue weighted by Crippen LogP contribution is 2.35. The molecule has 4 aromatic carbocycles. The summed E-state index contributed by atoms with van der Waals surface area (Å²) >= 11 is 7.21. The van der Waals surface area contributed by atoms with Gasteiger partial charge in [0.25, 0.3) is 5.56 Å². The Balaban J connectivity index is 1.39. The van der Waals surface area contributed by atoms with Gasteiger partial charge in [0.2, 0.25) is 5.82 Å². The largest absolute Gasteiger partial charge is 0.487 e. The van der Waals surface area contributed by atoms with Gasteiger partial charge in [0.15, 0.2) is 5.76 Å². The van der Waals surface area contributed by atoms with Crippen molar-refractivity contribution in [2.45, 2.75) is 6.61 Å². The molecule has 0 saturated heterocycles. The van der Waals surface area contributed by atoms with Crippen LogP contribution in [0.25, 0.3) is 33.5 Å². The second-order valence-corrected chi connectivity index (χ2v) is 10.3. The van der Waals surface area contributed by atoms with Crippen LogP contribution in [0.1, 0.15) is 11.1 Å². The van der Waals surface area contributed by atoms with Crippen LogP contribution in [-0.2, 0) is 6.61 Å². The summed E-state index contributed by atoms with van der Waals surface area (Å²) in [6, 6.07) is 30.4. The zero-order valence-electron chi connectivity index (χ0n) is 19.8. The van der Waals surface area contributed by atoms with Gasteiger partial charge in [0.1, 0.15) is 17.9 Å². The summed E-state index contributed by atoms with van der Waals surface area (Å²) in [6.07, 6.45) is 1.61. The van der Waals surface area contributed by atoms with Gasteiger partial charge >= 0.3 is 0 Å². The van der Waals surface area contributed by atoms with Crippen molar-refractivity contribution in [3.05, 3.63) is 127 Å². The molecule has 8 heteroatoms. The molecule has 0 amide bonds. The normalized spacial score (nSPS) is 11.5. The Labute approximate surface area is 234 Å². The van der Waals surface area contributed by atoms with E-state index >= 15 is 0 Å². The van der Waals surface area contributed by atoms with Gasteiger partial charge in [-0.3, -0.25) is 4.79 Å². The Kier molecular flexibility index (Phi) is 6.66. The number of nitrogens with zero attached hydrogens (tertiary/aromatic N) is 3. The summed E-state index contributed by atoms with van der Waals surface area (Å²) in [4.78, 5) is 18.2. The number of hydrogen-bond donors (Lipinski definition) is 0. The van der Waals surface area contributed by atoms with Crippen LogP contribution in [0, 0.1) is 0 Å². The molecule has 0 aliphatic rings. The molecule has 0 aliphatic carbocycles. The number of hydrogen-bond acceptors (Lipinski definition) is 5. The minimum Gasteiger partial charge on any atom is -0.487 e. The molecule has 0 radical (unpaired) electrons. The van der Waals surface area contributed by atoms with E-state index in [4.69, 9.17) is 14.1 Å². The Morgan fingerprint density at radius 1 is 0.895 bits per heavy atom. The monoisotopic (exact) mass is 627 g/mol. The van der Waals surface area contributed by atoms with Gasteiger partial charge in [-0.15, -0.1) is 0 Å². The van der Waals surface area contributed by atoms with E-state index in [1.165, 1.54) is 4.68 Å². The first-order valence-electron chi connectivity index (χ1n) is 11.8. The van der Waals surface area contributed by atoms with Gasteiger partial charge in [-0.2, -0.15) is 9.78 Å². The number of fused-ring (bicyclic) bond motifs is 2. The summed E-state index contributed by atoms with van der Waals surface area (Å²) in [5, 5.41) is 5.94. The van der Waals surface area contributed by atoms with Crippen molar-refractivity contribution in [2.24, 2.45) is 5.10 Å². The standard InChI is InChI=1S/C30H19Br2N3O3/c31-23-14-20(15-24(32)28(23)37-18-19-8-2-1-3-9-19)17-33-35-29(27-16-21-10-4-7-13-26(21)38-27)34-25-12-6-5-11-22(25)30(35)36/h1-17H,18H2. The lowest BCUT2D eigenvalue weighted by molar-refractivity contribution is 0.302. The lowest BCUT2D eigenvalue weighted by Crippen LogP contribution is -2.20. The number of para-hydroxylation sites is 2. The maximum absolute atomic E-state index is 13.5. The number of aromatic nitrogens is 2. The molecule has 0 spiro atoms. The van der Waals surface area contributed by atoms with Gasteiger partial charge < -0.3 is 9.15 Å². The van der Waals surface area contributed by atoms with Crippen molar-refractivity contribution in [1.29, 1.82) is 0 Å². The minimum absolute atomic E-state index is 0.289. The van der Waals surface area contributed by atoms with Gasteiger partial charge in [0, 0.05) is 5.39 Å². The molecule has 38 heavy (non-hydrogen) atoms. The highest BCUT2D eigenvalue weighted by atomic mass is 79.9. The lowest BCUT2D eigenvalue weighted by Gasteiger charge is -2.11. The van der Waals surface area contributed by atoms with Crippen molar-refractivity contribution < 1.29 is 9.15 Å². The van der Waals surface area contributed by atoms with Crippen LogP contribution in [-0.4, -0.2) is 15.9 Å². The third-order valence-electron chi connectivity index (χ3n) is 5.97. The fraction of sp³-hybridized carbons (Fsp3) is 0.0333. The average Bonchev–Trinajstić information content (AvgIpc) is 3.37. The molecule has 0 unspecified atom stereocenters. The van der Waals surface area contributed by atoms with E-state index in [1.807, 2.05) is 84.9 Å². The molecular weight excluding hydrogens is 610 g/mol. The third-order valence-corrected chi connectivity index (χ3v) is 7.15. The van der Waals surface area contributed by atoms with E-state index in [9.17, 15) is 4.79 Å².